The second kappa shape index (κ2) is 5.58. The Balaban J connectivity index is 0.000000134. The van der Waals surface area contributed by atoms with Crippen molar-refractivity contribution in [2.45, 2.75) is 0 Å². The largest absolute Gasteiger partial charge is 0.366 e. The van der Waals surface area contributed by atoms with E-state index in [9.17, 15) is 4.79 Å². The van der Waals surface area contributed by atoms with E-state index < -0.39 is 0 Å². The van der Waals surface area contributed by atoms with Crippen molar-refractivity contribution in [2.75, 3.05) is 0 Å². The van der Waals surface area contributed by atoms with Gasteiger partial charge >= 0.3 is 0 Å². The highest BCUT2D eigenvalue weighted by molar-refractivity contribution is 5.92. The molecular formula is C13H12N4O. The third-order valence-electron chi connectivity index (χ3n) is 2.28. The second-order valence-electron chi connectivity index (χ2n) is 3.53. The van der Waals surface area contributed by atoms with Crippen molar-refractivity contribution in [3.8, 4) is 11.4 Å². The molecular weight excluding hydrogens is 228 g/mol. The minimum Gasteiger partial charge on any atom is -0.366 e. The summed E-state index contributed by atoms with van der Waals surface area (Å²) < 4.78 is 0. The van der Waals surface area contributed by atoms with Crippen molar-refractivity contribution >= 4 is 5.91 Å². The highest BCUT2D eigenvalue weighted by Gasteiger charge is 1.99. The minimum atomic E-state index is -0.379. The molecule has 0 saturated heterocycles. The van der Waals surface area contributed by atoms with E-state index in [1.165, 1.54) is 0 Å². The molecule has 2 aliphatic rings. The Bertz CT molecular complexity index is 564. The molecule has 0 unspecified atom stereocenters. The molecule has 0 bridgehead atoms. The number of aromatic nitrogens is 3. The van der Waals surface area contributed by atoms with Crippen LogP contribution in [0.5, 0.6) is 0 Å². The Morgan fingerprint density at radius 1 is 1.17 bits per heavy atom. The zero-order valence-corrected chi connectivity index (χ0v) is 9.58. The zero-order valence-electron chi connectivity index (χ0n) is 9.58. The van der Waals surface area contributed by atoms with Gasteiger partial charge in [-0.1, -0.05) is 18.2 Å². The van der Waals surface area contributed by atoms with Crippen molar-refractivity contribution in [1.82, 2.24) is 15.0 Å². The molecule has 1 aromatic carbocycles. The first kappa shape index (κ1) is 11.8. The molecule has 0 atom stereocenters. The molecule has 90 valence electrons. The number of nitrogens with zero attached hydrogens (tertiary/aromatic N) is 2. The molecule has 3 rings (SSSR count). The Labute approximate surface area is 104 Å². The topological polar surface area (TPSA) is 84.7 Å². The van der Waals surface area contributed by atoms with E-state index in [0.717, 1.165) is 11.4 Å². The van der Waals surface area contributed by atoms with E-state index in [-0.39, 0.29) is 5.91 Å². The average Bonchev–Trinajstić information content (AvgIpc) is 2.89. The van der Waals surface area contributed by atoms with Gasteiger partial charge in [-0.25, -0.2) is 4.98 Å². The highest BCUT2D eigenvalue weighted by atomic mass is 16.1. The van der Waals surface area contributed by atoms with E-state index >= 15 is 0 Å². The van der Waals surface area contributed by atoms with Crippen LogP contribution in [0, 0.1) is 0 Å². The lowest BCUT2D eigenvalue weighted by Crippen LogP contribution is -2.09. The lowest BCUT2D eigenvalue weighted by Gasteiger charge is -1.91. The number of aromatic amines is 1. The van der Waals surface area contributed by atoms with Crippen LogP contribution in [0.15, 0.2) is 55.1 Å². The number of nitrogens with one attached hydrogen (secondary N) is 1. The summed E-state index contributed by atoms with van der Waals surface area (Å²) in [5, 5.41) is 0. The molecule has 0 spiro atoms. The summed E-state index contributed by atoms with van der Waals surface area (Å²) in [5.41, 5.74) is 7.47. The molecule has 0 fully saturated rings. The van der Waals surface area contributed by atoms with Crippen molar-refractivity contribution in [2.24, 2.45) is 5.73 Å². The summed E-state index contributed by atoms with van der Waals surface area (Å²) in [7, 11) is 0. The molecule has 18 heavy (non-hydrogen) atoms. The van der Waals surface area contributed by atoms with Gasteiger partial charge in [0.05, 0.1) is 18.2 Å². The fraction of sp³-hybridized carbons (Fsp3) is 0. The van der Waals surface area contributed by atoms with Crippen LogP contribution >= 0.6 is 0 Å². The van der Waals surface area contributed by atoms with Crippen LogP contribution in [-0.4, -0.2) is 20.9 Å². The summed E-state index contributed by atoms with van der Waals surface area (Å²) in [4.78, 5) is 21.3. The lowest BCUT2D eigenvalue weighted by atomic mass is 10.2. The second-order valence-corrected chi connectivity index (χ2v) is 3.53. The predicted molar refractivity (Wildman–Crippen MR) is 68.0 cm³/mol. The third-order valence-corrected chi connectivity index (χ3v) is 2.28. The maximum atomic E-state index is 10.4. The number of amides is 1. The van der Waals surface area contributed by atoms with E-state index in [2.05, 4.69) is 15.0 Å². The van der Waals surface area contributed by atoms with Gasteiger partial charge in [-0.15, -0.1) is 0 Å². The normalized spacial score (nSPS) is 9.56. The molecule has 0 aliphatic carbocycles. The summed E-state index contributed by atoms with van der Waals surface area (Å²) >= 11 is 0. The number of hydrogen-bond acceptors (Lipinski definition) is 3. The predicted octanol–water partition coefficient (Wildman–Crippen LogP) is 1.69. The molecule has 1 amide bonds. The first-order chi connectivity index (χ1) is 8.77. The van der Waals surface area contributed by atoms with Gasteiger partial charge in [0.1, 0.15) is 5.69 Å². The fourth-order valence-corrected chi connectivity index (χ4v) is 1.39. The van der Waals surface area contributed by atoms with E-state index in [4.69, 9.17) is 5.73 Å². The van der Waals surface area contributed by atoms with Crippen molar-refractivity contribution < 1.29 is 4.79 Å². The van der Waals surface area contributed by atoms with Crippen LogP contribution in [0.1, 0.15) is 10.4 Å². The monoisotopic (exact) mass is 240 g/mol. The number of nitrogens with two attached hydrogens (primary N) is 1. The highest BCUT2D eigenvalue weighted by Crippen LogP contribution is 2.12. The Hall–Kier alpha value is -2.69. The quantitative estimate of drug-likeness (QED) is 0.678. The van der Waals surface area contributed by atoms with Crippen LogP contribution < -0.4 is 5.73 Å². The molecule has 5 heteroatoms. The van der Waals surface area contributed by atoms with Gasteiger partial charge in [0.15, 0.2) is 0 Å². The molecule has 2 heterocycles. The van der Waals surface area contributed by atoms with E-state index in [0.29, 0.717) is 5.56 Å². The van der Waals surface area contributed by atoms with Gasteiger partial charge < -0.3 is 10.7 Å². The van der Waals surface area contributed by atoms with Gasteiger partial charge in [-0.2, -0.15) is 0 Å². The fourth-order valence-electron chi connectivity index (χ4n) is 1.39. The molecule has 3 N–H and O–H groups in total. The summed E-state index contributed by atoms with van der Waals surface area (Å²) in [6.07, 6.45) is 5.12. The zero-order chi connectivity index (χ0) is 12.8. The molecule has 5 nitrogen and oxygen atoms in total. The van der Waals surface area contributed by atoms with Gasteiger partial charge in [0, 0.05) is 11.8 Å². The van der Waals surface area contributed by atoms with Crippen molar-refractivity contribution in [3.05, 3.63) is 60.7 Å². The molecule has 1 aromatic rings. The van der Waals surface area contributed by atoms with Crippen LogP contribution in [0.25, 0.3) is 11.4 Å². The number of primary amides is 1. The smallest absolute Gasteiger partial charge is 0.248 e. The minimum absolute atomic E-state index is 0.379. The molecule has 0 aromatic heterocycles. The number of carbonyl (C=O) groups excluding carboxylic acids is 1. The third kappa shape index (κ3) is 2.91. The average molecular weight is 240 g/mol. The number of carbonyl (C=O) groups is 1. The maximum absolute atomic E-state index is 10.4. The standard InChI is InChI=1S/C7H7NO.C6H5N3/c8-7(9)6-4-2-1-3-5-6;1-2-8-6-3-7-4-9-5(1)6/h1-5H,(H2,8,9);1-4H,(H,7,9). The summed E-state index contributed by atoms with van der Waals surface area (Å²) in [5.74, 6) is -0.379. The first-order valence-electron chi connectivity index (χ1n) is 5.35. The number of H-pyrrole nitrogens is 1. The van der Waals surface area contributed by atoms with Crippen molar-refractivity contribution in [1.29, 1.82) is 0 Å². The number of benzene rings is 1. The van der Waals surface area contributed by atoms with Crippen LogP contribution in [-0.2, 0) is 0 Å². The molecule has 0 radical (unpaired) electrons. The lowest BCUT2D eigenvalue weighted by molar-refractivity contribution is 0.100. The number of fused-ring (bicyclic) bond motifs is 1. The summed E-state index contributed by atoms with van der Waals surface area (Å²) in [6.45, 7) is 0. The van der Waals surface area contributed by atoms with E-state index in [1.807, 2.05) is 12.1 Å². The van der Waals surface area contributed by atoms with Gasteiger partial charge in [-0.3, -0.25) is 9.78 Å². The van der Waals surface area contributed by atoms with Gasteiger partial charge in [0.2, 0.25) is 5.91 Å². The maximum Gasteiger partial charge on any atom is 0.248 e. The Morgan fingerprint density at radius 2 is 1.94 bits per heavy atom. The summed E-state index contributed by atoms with van der Waals surface area (Å²) in [6, 6.07) is 10.7. The number of rotatable bonds is 1. The SMILES string of the molecule is NC(=O)c1ccccc1.c1cc2[nH]cncc-2n1. The van der Waals surface area contributed by atoms with Crippen LogP contribution in [0.3, 0.4) is 0 Å². The van der Waals surface area contributed by atoms with E-state index in [1.54, 1.807) is 43.0 Å². The molecule has 2 aliphatic heterocycles. The van der Waals surface area contributed by atoms with Gasteiger partial charge in [-0.05, 0) is 18.2 Å². The Kier molecular flexibility index (Phi) is 3.66. The molecule has 0 saturated carbocycles. The van der Waals surface area contributed by atoms with Crippen molar-refractivity contribution in [3.63, 3.8) is 0 Å². The first-order valence-corrected chi connectivity index (χ1v) is 5.35. The van der Waals surface area contributed by atoms with Crippen LogP contribution in [0.4, 0.5) is 0 Å². The number of hydrogen-bond donors (Lipinski definition) is 2. The van der Waals surface area contributed by atoms with Gasteiger partial charge in [0.25, 0.3) is 0 Å². The van der Waals surface area contributed by atoms with Crippen LogP contribution in [0.2, 0.25) is 0 Å². The Morgan fingerprint density at radius 3 is 2.56 bits per heavy atom.